The topological polar surface area (TPSA) is 51.7 Å². The van der Waals surface area contributed by atoms with Gasteiger partial charge in [-0.15, -0.1) is 0 Å². The van der Waals surface area contributed by atoms with Gasteiger partial charge in [-0.2, -0.15) is 5.06 Å². The summed E-state index contributed by atoms with van der Waals surface area (Å²) in [5.74, 6) is 0. The van der Waals surface area contributed by atoms with Crippen LogP contribution >= 0.6 is 0 Å². The van der Waals surface area contributed by atoms with Crippen molar-refractivity contribution in [1.82, 2.24) is 4.98 Å². The number of carbonyl (C=O) groups excluding carboxylic acids is 1. The zero-order chi connectivity index (χ0) is 12.2. The monoisotopic (exact) mass is 224 g/mol. The van der Waals surface area contributed by atoms with Gasteiger partial charge in [0.15, 0.2) is 0 Å². The Kier molecular flexibility index (Phi) is 3.84. The molecule has 1 heterocycles. The van der Waals surface area contributed by atoms with Gasteiger partial charge in [0.05, 0.1) is 19.0 Å². The van der Waals surface area contributed by atoms with E-state index in [1.807, 2.05) is 0 Å². The zero-order valence-electron chi connectivity index (χ0n) is 9.93. The molecule has 0 saturated carbocycles. The number of hydrogen-bond donors (Lipinski definition) is 0. The molecule has 0 aliphatic carbocycles. The van der Waals surface area contributed by atoms with Gasteiger partial charge >= 0.3 is 6.09 Å². The van der Waals surface area contributed by atoms with E-state index in [0.717, 1.165) is 5.06 Å². The summed E-state index contributed by atoms with van der Waals surface area (Å²) in [5, 5.41) is 1.05. The summed E-state index contributed by atoms with van der Waals surface area (Å²) >= 11 is 0. The van der Waals surface area contributed by atoms with Gasteiger partial charge in [0.25, 0.3) is 0 Å². The minimum Gasteiger partial charge on any atom is -0.442 e. The van der Waals surface area contributed by atoms with Gasteiger partial charge in [-0.25, -0.2) is 4.79 Å². The van der Waals surface area contributed by atoms with E-state index < -0.39 is 11.7 Å². The fraction of sp³-hybridized carbons (Fsp3) is 0.455. The van der Waals surface area contributed by atoms with Crippen LogP contribution < -0.4 is 5.06 Å². The van der Waals surface area contributed by atoms with Crippen molar-refractivity contribution in [3.8, 4) is 0 Å². The average Bonchev–Trinajstić information content (AvgIpc) is 2.17. The third kappa shape index (κ3) is 3.51. The molecule has 0 spiro atoms. The van der Waals surface area contributed by atoms with Crippen LogP contribution in [0.2, 0.25) is 0 Å². The molecule has 0 fully saturated rings. The first-order valence-corrected chi connectivity index (χ1v) is 4.91. The molecule has 0 unspecified atom stereocenters. The minimum absolute atomic E-state index is 0.527. The lowest BCUT2D eigenvalue weighted by molar-refractivity contribution is 0.0328. The average molecular weight is 224 g/mol. The number of ether oxygens (including phenoxy) is 1. The Balaban J connectivity index is 2.80. The molecule has 1 aromatic rings. The van der Waals surface area contributed by atoms with Crippen LogP contribution in [0.25, 0.3) is 0 Å². The highest BCUT2D eigenvalue weighted by Gasteiger charge is 2.23. The van der Waals surface area contributed by atoms with Gasteiger partial charge in [0.1, 0.15) is 5.60 Å². The van der Waals surface area contributed by atoms with E-state index in [2.05, 4.69) is 4.98 Å². The van der Waals surface area contributed by atoms with E-state index in [1.54, 1.807) is 39.1 Å². The molecule has 0 radical (unpaired) electrons. The Morgan fingerprint density at radius 3 is 2.56 bits per heavy atom. The number of pyridine rings is 1. The Morgan fingerprint density at radius 1 is 1.44 bits per heavy atom. The highest BCUT2D eigenvalue weighted by atomic mass is 16.7. The summed E-state index contributed by atoms with van der Waals surface area (Å²) < 4.78 is 5.18. The third-order valence-corrected chi connectivity index (χ3v) is 1.62. The Bertz CT molecular complexity index is 346. The van der Waals surface area contributed by atoms with Crippen LogP contribution in [0, 0.1) is 0 Å². The van der Waals surface area contributed by atoms with Crippen molar-refractivity contribution in [2.45, 2.75) is 26.4 Å². The largest absolute Gasteiger partial charge is 0.442 e. The smallest absolute Gasteiger partial charge is 0.439 e. The summed E-state index contributed by atoms with van der Waals surface area (Å²) in [6.45, 7) is 5.38. The van der Waals surface area contributed by atoms with Gasteiger partial charge in [-0.05, 0) is 32.9 Å². The Hall–Kier alpha value is -1.62. The quantitative estimate of drug-likeness (QED) is 0.724. The summed E-state index contributed by atoms with van der Waals surface area (Å²) in [7, 11) is 1.40. The van der Waals surface area contributed by atoms with Gasteiger partial charge in [0, 0.05) is 6.20 Å². The molecule has 88 valence electrons. The standard InChI is InChI=1S/C11H16N2O3/c1-11(2,3)16-10(14)13(15-4)9-6-5-7-12-8-9/h5-8H,1-4H3. The molecular weight excluding hydrogens is 208 g/mol. The lowest BCUT2D eigenvalue weighted by Crippen LogP contribution is -2.36. The third-order valence-electron chi connectivity index (χ3n) is 1.62. The first-order valence-electron chi connectivity index (χ1n) is 4.91. The van der Waals surface area contributed by atoms with Crippen molar-refractivity contribution < 1.29 is 14.4 Å². The summed E-state index contributed by atoms with van der Waals surface area (Å²) in [6, 6.07) is 3.42. The van der Waals surface area contributed by atoms with E-state index >= 15 is 0 Å². The van der Waals surface area contributed by atoms with Crippen molar-refractivity contribution in [2.24, 2.45) is 0 Å². The molecular formula is C11H16N2O3. The summed E-state index contributed by atoms with van der Waals surface area (Å²) in [6.07, 6.45) is 2.57. The number of hydroxylamine groups is 1. The van der Waals surface area contributed by atoms with Crippen LogP contribution in [0.15, 0.2) is 24.5 Å². The number of nitrogens with zero attached hydrogens (tertiary/aromatic N) is 2. The lowest BCUT2D eigenvalue weighted by Gasteiger charge is -2.25. The van der Waals surface area contributed by atoms with Gasteiger partial charge < -0.3 is 4.74 Å². The second-order valence-electron chi connectivity index (χ2n) is 4.17. The Labute approximate surface area is 94.9 Å². The Morgan fingerprint density at radius 2 is 2.12 bits per heavy atom. The SMILES string of the molecule is CON(C(=O)OC(C)(C)C)c1cccnc1. The normalized spacial score (nSPS) is 11.0. The number of rotatable bonds is 2. The van der Waals surface area contributed by atoms with Gasteiger partial charge in [0.2, 0.25) is 0 Å². The van der Waals surface area contributed by atoms with Crippen LogP contribution in [0.4, 0.5) is 10.5 Å². The molecule has 5 nitrogen and oxygen atoms in total. The predicted molar refractivity (Wildman–Crippen MR) is 60.0 cm³/mol. The molecule has 0 aromatic carbocycles. The molecule has 0 saturated heterocycles. The van der Waals surface area contributed by atoms with E-state index in [0.29, 0.717) is 5.69 Å². The fourth-order valence-electron chi connectivity index (χ4n) is 1.06. The van der Waals surface area contributed by atoms with Crippen molar-refractivity contribution in [3.05, 3.63) is 24.5 Å². The molecule has 0 atom stereocenters. The number of carbonyl (C=O) groups is 1. The molecule has 0 N–H and O–H groups in total. The van der Waals surface area contributed by atoms with Gasteiger partial charge in [-0.1, -0.05) is 0 Å². The number of aromatic nitrogens is 1. The fourth-order valence-corrected chi connectivity index (χ4v) is 1.06. The highest BCUT2D eigenvalue weighted by Crippen LogP contribution is 2.16. The van der Waals surface area contributed by atoms with Crippen molar-refractivity contribution in [3.63, 3.8) is 0 Å². The number of anilines is 1. The maximum atomic E-state index is 11.7. The molecule has 1 aromatic heterocycles. The lowest BCUT2D eigenvalue weighted by atomic mass is 10.2. The van der Waals surface area contributed by atoms with Crippen molar-refractivity contribution >= 4 is 11.8 Å². The molecule has 16 heavy (non-hydrogen) atoms. The molecule has 0 aliphatic rings. The second-order valence-corrected chi connectivity index (χ2v) is 4.17. The molecule has 5 heteroatoms. The van der Waals surface area contributed by atoms with Crippen LogP contribution in [-0.4, -0.2) is 23.8 Å². The second kappa shape index (κ2) is 4.94. The van der Waals surface area contributed by atoms with Crippen LogP contribution in [0.3, 0.4) is 0 Å². The van der Waals surface area contributed by atoms with Crippen LogP contribution in [-0.2, 0) is 9.57 Å². The predicted octanol–water partition coefficient (Wildman–Crippen LogP) is 2.38. The molecule has 1 amide bonds. The molecule has 1 rings (SSSR count). The minimum atomic E-state index is -0.567. The van der Waals surface area contributed by atoms with E-state index in [-0.39, 0.29) is 0 Å². The van der Waals surface area contributed by atoms with Crippen LogP contribution in [0.5, 0.6) is 0 Å². The molecule has 0 aliphatic heterocycles. The summed E-state index contributed by atoms with van der Waals surface area (Å²) in [4.78, 5) is 20.6. The van der Waals surface area contributed by atoms with Crippen molar-refractivity contribution in [1.29, 1.82) is 0 Å². The number of hydrogen-bond acceptors (Lipinski definition) is 4. The number of amides is 1. The maximum Gasteiger partial charge on any atom is 0.439 e. The van der Waals surface area contributed by atoms with Gasteiger partial charge in [-0.3, -0.25) is 9.82 Å². The van der Waals surface area contributed by atoms with Crippen LogP contribution in [0.1, 0.15) is 20.8 Å². The first-order chi connectivity index (χ1) is 7.44. The van der Waals surface area contributed by atoms with E-state index in [1.165, 1.54) is 13.3 Å². The summed E-state index contributed by atoms with van der Waals surface area (Å²) in [5.41, 5.74) is -0.0324. The zero-order valence-corrected chi connectivity index (χ0v) is 9.93. The maximum absolute atomic E-state index is 11.7. The highest BCUT2D eigenvalue weighted by molar-refractivity contribution is 5.85. The molecule has 0 bridgehead atoms. The first kappa shape index (κ1) is 12.4. The van der Waals surface area contributed by atoms with Crippen molar-refractivity contribution in [2.75, 3.05) is 12.2 Å². The van der Waals surface area contributed by atoms with E-state index in [4.69, 9.17) is 9.57 Å². The van der Waals surface area contributed by atoms with E-state index in [9.17, 15) is 4.79 Å².